The summed E-state index contributed by atoms with van der Waals surface area (Å²) in [6, 6.07) is 15.3. The first-order valence-corrected chi connectivity index (χ1v) is 13.0. The third-order valence-electron chi connectivity index (χ3n) is 6.84. The minimum Gasteiger partial charge on any atom is -0.504 e. The van der Waals surface area contributed by atoms with Gasteiger partial charge in [0.1, 0.15) is 19.3 Å². The zero-order chi connectivity index (χ0) is 26.6. The highest BCUT2D eigenvalue weighted by molar-refractivity contribution is 6.30. The van der Waals surface area contributed by atoms with E-state index in [1.165, 1.54) is 18.1 Å². The molecule has 3 aromatic rings. The van der Waals surface area contributed by atoms with E-state index >= 15 is 0 Å². The molecule has 0 spiro atoms. The summed E-state index contributed by atoms with van der Waals surface area (Å²) >= 11 is 6.16. The van der Waals surface area contributed by atoms with Gasteiger partial charge in [-0.05, 0) is 73.0 Å². The van der Waals surface area contributed by atoms with E-state index in [9.17, 15) is 14.7 Å². The second-order valence-electron chi connectivity index (χ2n) is 9.33. The predicted octanol–water partition coefficient (Wildman–Crippen LogP) is 5.27. The Labute approximate surface area is 226 Å². The van der Waals surface area contributed by atoms with Gasteiger partial charge < -0.3 is 24.6 Å². The van der Waals surface area contributed by atoms with Gasteiger partial charge in [-0.25, -0.2) is 0 Å². The number of phenolic OH excluding ortho intramolecular Hbond substituents is 1. The molecule has 3 aromatic carbocycles. The van der Waals surface area contributed by atoms with Crippen LogP contribution in [0.25, 0.3) is 0 Å². The van der Waals surface area contributed by atoms with E-state index < -0.39 is 11.9 Å². The molecule has 1 aliphatic carbocycles. The van der Waals surface area contributed by atoms with Crippen LogP contribution in [0.15, 0.2) is 60.7 Å². The van der Waals surface area contributed by atoms with Crippen molar-refractivity contribution >= 4 is 29.1 Å². The molecule has 8 nitrogen and oxygen atoms in total. The van der Waals surface area contributed by atoms with Crippen molar-refractivity contribution in [3.8, 4) is 23.0 Å². The van der Waals surface area contributed by atoms with Crippen LogP contribution in [0, 0.1) is 0 Å². The molecule has 0 radical (unpaired) electrons. The average molecular weight is 537 g/mol. The molecule has 0 aromatic heterocycles. The second-order valence-corrected chi connectivity index (χ2v) is 9.77. The lowest BCUT2D eigenvalue weighted by Crippen LogP contribution is -2.46. The second kappa shape index (κ2) is 11.2. The maximum Gasteiger partial charge on any atom is 0.259 e. The summed E-state index contributed by atoms with van der Waals surface area (Å²) in [5, 5.41) is 13.9. The quantitative estimate of drug-likeness (QED) is 0.427. The van der Waals surface area contributed by atoms with Gasteiger partial charge in [-0.3, -0.25) is 14.5 Å². The zero-order valence-corrected chi connectivity index (χ0v) is 21.7. The fourth-order valence-corrected chi connectivity index (χ4v) is 5.06. The SMILES string of the molecule is COc1cc(C(C(=O)NC2CCCC2)N(C(=O)c2ccc3c(c2)OCCO3)c2ccc(Cl)cc2)ccc1O. The van der Waals surface area contributed by atoms with E-state index in [1.54, 1.807) is 54.6 Å². The number of carbonyl (C=O) groups is 2. The van der Waals surface area contributed by atoms with Crippen molar-refractivity contribution < 1.29 is 28.9 Å². The van der Waals surface area contributed by atoms with E-state index in [2.05, 4.69) is 5.32 Å². The van der Waals surface area contributed by atoms with Gasteiger partial charge in [0.2, 0.25) is 5.91 Å². The summed E-state index contributed by atoms with van der Waals surface area (Å²) in [6.45, 7) is 0.814. The van der Waals surface area contributed by atoms with Gasteiger partial charge in [0.05, 0.1) is 7.11 Å². The zero-order valence-electron chi connectivity index (χ0n) is 21.0. The number of anilines is 1. The van der Waals surface area contributed by atoms with Crippen molar-refractivity contribution in [2.75, 3.05) is 25.2 Å². The molecule has 1 fully saturated rings. The van der Waals surface area contributed by atoms with Crippen molar-refractivity contribution in [1.82, 2.24) is 5.32 Å². The number of rotatable bonds is 7. The first-order chi connectivity index (χ1) is 18.4. The molecule has 2 amide bonds. The number of nitrogens with zero attached hydrogens (tertiary/aromatic N) is 1. The number of ether oxygens (including phenoxy) is 3. The number of hydrogen-bond acceptors (Lipinski definition) is 6. The number of carbonyl (C=O) groups excluding carboxylic acids is 2. The van der Waals surface area contributed by atoms with Gasteiger partial charge in [0.25, 0.3) is 5.91 Å². The average Bonchev–Trinajstić information content (AvgIpc) is 3.45. The molecule has 0 saturated heterocycles. The van der Waals surface area contributed by atoms with Gasteiger partial charge in [-0.1, -0.05) is 30.5 Å². The van der Waals surface area contributed by atoms with Crippen LogP contribution >= 0.6 is 11.6 Å². The summed E-state index contributed by atoms with van der Waals surface area (Å²) in [4.78, 5) is 29.6. The Balaban J connectivity index is 1.62. The van der Waals surface area contributed by atoms with Crippen molar-refractivity contribution in [2.24, 2.45) is 0 Å². The standard InChI is InChI=1S/C29H29ClN2O6/c1-36-25-16-18(6-12-23(25)33)27(28(34)31-21-4-2-3-5-21)32(22-10-8-20(30)9-11-22)29(35)19-7-13-24-26(17-19)38-15-14-37-24/h6-13,16-17,21,27,33H,2-5,14-15H2,1H3,(H,31,34). The van der Waals surface area contributed by atoms with E-state index in [4.69, 9.17) is 25.8 Å². The molecule has 9 heteroatoms. The number of benzene rings is 3. The topological polar surface area (TPSA) is 97.3 Å². The summed E-state index contributed by atoms with van der Waals surface area (Å²) in [7, 11) is 1.43. The van der Waals surface area contributed by atoms with Crippen LogP contribution in [0.3, 0.4) is 0 Å². The molecular formula is C29H29ClN2O6. The third-order valence-corrected chi connectivity index (χ3v) is 7.09. The Morgan fingerprint density at radius 1 is 1.00 bits per heavy atom. The Kier molecular flexibility index (Phi) is 7.60. The summed E-state index contributed by atoms with van der Waals surface area (Å²) in [6.07, 6.45) is 3.85. The number of amides is 2. The molecule has 1 aliphatic heterocycles. The van der Waals surface area contributed by atoms with Crippen molar-refractivity contribution in [2.45, 2.75) is 37.8 Å². The highest BCUT2D eigenvalue weighted by Crippen LogP contribution is 2.37. The first-order valence-electron chi connectivity index (χ1n) is 12.6. The predicted molar refractivity (Wildman–Crippen MR) is 143 cm³/mol. The van der Waals surface area contributed by atoms with Crippen LogP contribution in [0.4, 0.5) is 5.69 Å². The Morgan fingerprint density at radius 2 is 1.71 bits per heavy atom. The van der Waals surface area contributed by atoms with Gasteiger partial charge in [0, 0.05) is 22.3 Å². The lowest BCUT2D eigenvalue weighted by Gasteiger charge is -2.33. The maximum absolute atomic E-state index is 14.2. The lowest BCUT2D eigenvalue weighted by atomic mass is 10.00. The first kappa shape index (κ1) is 25.7. The molecule has 1 heterocycles. The van der Waals surface area contributed by atoms with Crippen LogP contribution in [0.5, 0.6) is 23.0 Å². The molecule has 1 saturated carbocycles. The lowest BCUT2D eigenvalue weighted by molar-refractivity contribution is -0.123. The van der Waals surface area contributed by atoms with Gasteiger partial charge in [0.15, 0.2) is 23.0 Å². The van der Waals surface area contributed by atoms with E-state index in [0.717, 1.165) is 25.7 Å². The van der Waals surface area contributed by atoms with Crippen LogP contribution < -0.4 is 24.4 Å². The summed E-state index contributed by atoms with van der Waals surface area (Å²) < 4.78 is 16.6. The van der Waals surface area contributed by atoms with E-state index in [-0.39, 0.29) is 23.4 Å². The molecule has 5 rings (SSSR count). The molecule has 198 valence electrons. The van der Waals surface area contributed by atoms with Gasteiger partial charge >= 0.3 is 0 Å². The highest BCUT2D eigenvalue weighted by Gasteiger charge is 2.36. The number of methoxy groups -OCH3 is 1. The van der Waals surface area contributed by atoms with Gasteiger partial charge in [-0.15, -0.1) is 0 Å². The molecule has 2 aliphatic rings. The molecular weight excluding hydrogens is 508 g/mol. The van der Waals surface area contributed by atoms with Crippen LogP contribution in [0.2, 0.25) is 5.02 Å². The van der Waals surface area contributed by atoms with Crippen LogP contribution in [0.1, 0.15) is 47.6 Å². The summed E-state index contributed by atoms with van der Waals surface area (Å²) in [5.74, 6) is 0.417. The minimum atomic E-state index is -1.06. The monoisotopic (exact) mass is 536 g/mol. The molecule has 2 N–H and O–H groups in total. The van der Waals surface area contributed by atoms with Crippen molar-refractivity contribution in [1.29, 1.82) is 0 Å². The number of phenols is 1. The number of aromatic hydroxyl groups is 1. The third kappa shape index (κ3) is 5.36. The van der Waals surface area contributed by atoms with Crippen molar-refractivity contribution in [3.63, 3.8) is 0 Å². The fourth-order valence-electron chi connectivity index (χ4n) is 4.93. The number of fused-ring (bicyclic) bond motifs is 1. The largest absolute Gasteiger partial charge is 0.504 e. The molecule has 38 heavy (non-hydrogen) atoms. The normalized spacial score (nSPS) is 15.5. The molecule has 1 unspecified atom stereocenters. The van der Waals surface area contributed by atoms with Crippen LogP contribution in [-0.2, 0) is 4.79 Å². The molecule has 0 bridgehead atoms. The van der Waals surface area contributed by atoms with Crippen LogP contribution in [-0.4, -0.2) is 43.3 Å². The van der Waals surface area contributed by atoms with Crippen molar-refractivity contribution in [3.05, 3.63) is 76.8 Å². The number of nitrogens with one attached hydrogen (secondary N) is 1. The summed E-state index contributed by atoms with van der Waals surface area (Å²) in [5.41, 5.74) is 1.29. The smallest absolute Gasteiger partial charge is 0.259 e. The number of halogens is 1. The fraction of sp³-hybridized carbons (Fsp3) is 0.310. The number of hydrogen-bond donors (Lipinski definition) is 2. The Morgan fingerprint density at radius 3 is 2.42 bits per heavy atom. The van der Waals surface area contributed by atoms with E-state index in [1.807, 2.05) is 0 Å². The maximum atomic E-state index is 14.2. The highest BCUT2D eigenvalue weighted by atomic mass is 35.5. The minimum absolute atomic E-state index is 0.0282. The van der Waals surface area contributed by atoms with Gasteiger partial charge in [-0.2, -0.15) is 0 Å². The Hall–Kier alpha value is -3.91. The molecule has 1 atom stereocenters. The Bertz CT molecular complexity index is 1320. The van der Waals surface area contributed by atoms with E-state index in [0.29, 0.717) is 46.5 Å².